The Kier molecular flexibility index (Phi) is 10.9. The van der Waals surface area contributed by atoms with E-state index in [1.54, 1.807) is 4.90 Å². The average molecular weight is 722 g/mol. The van der Waals surface area contributed by atoms with E-state index in [0.29, 0.717) is 57.4 Å². The Balaban J connectivity index is 1.40. The van der Waals surface area contributed by atoms with Crippen molar-refractivity contribution in [3.05, 3.63) is 0 Å². The number of hydrogen-bond acceptors (Lipinski definition) is 7. The minimum Gasteiger partial charge on any atom is -0.480 e. The molecule has 50 heavy (non-hydrogen) atoms. The third-order valence-corrected chi connectivity index (χ3v) is 14.5. The van der Waals surface area contributed by atoms with Crippen LogP contribution in [0.2, 0.25) is 0 Å². The van der Waals surface area contributed by atoms with E-state index >= 15 is 0 Å². The quantitative estimate of drug-likeness (QED) is 0.190. The first-order valence-electron chi connectivity index (χ1n) is 18.8. The maximum atomic E-state index is 14.7. The topological polar surface area (TPSA) is 191 Å². The fourth-order valence-electron chi connectivity index (χ4n) is 8.87. The van der Waals surface area contributed by atoms with Crippen molar-refractivity contribution in [2.45, 2.75) is 154 Å². The fraction of sp³-hybridized carbons (Fsp3) is 0.861. The molecule has 4 saturated carbocycles. The molecule has 0 radical (unpaired) electrons. The third-order valence-electron chi connectivity index (χ3n) is 12.7. The van der Waals surface area contributed by atoms with Crippen LogP contribution in [0.4, 0.5) is 4.79 Å². The molecular weight excluding hydrogens is 662 g/mol. The van der Waals surface area contributed by atoms with E-state index in [9.17, 15) is 37.5 Å². The second-order valence-electron chi connectivity index (χ2n) is 17.3. The minimum atomic E-state index is -3.84. The number of sulfonamides is 1. The molecule has 5 aliphatic rings. The molecular formula is C36H59N5O8S. The highest BCUT2D eigenvalue weighted by Crippen LogP contribution is 2.55. The van der Waals surface area contributed by atoms with E-state index in [0.717, 1.165) is 38.5 Å². The third kappa shape index (κ3) is 7.65. The largest absolute Gasteiger partial charge is 0.480 e. The number of hydrogen-bond donors (Lipinski definition) is 5. The molecule has 1 aliphatic heterocycles. The Morgan fingerprint density at radius 1 is 0.900 bits per heavy atom. The van der Waals surface area contributed by atoms with Gasteiger partial charge in [0.1, 0.15) is 23.7 Å². The van der Waals surface area contributed by atoms with Gasteiger partial charge in [-0.05, 0) is 85.9 Å². The lowest BCUT2D eigenvalue weighted by Gasteiger charge is -2.46. The summed E-state index contributed by atoms with van der Waals surface area (Å²) in [5, 5.41) is 17.8. The highest BCUT2D eigenvalue weighted by atomic mass is 32.2. The van der Waals surface area contributed by atoms with Crippen molar-refractivity contribution in [2.75, 3.05) is 6.54 Å². The monoisotopic (exact) mass is 721 g/mol. The molecule has 0 spiro atoms. The molecule has 1 heterocycles. The number of carboxylic acid groups (broad SMARTS) is 1. The number of carboxylic acids is 1. The number of amides is 5. The van der Waals surface area contributed by atoms with Gasteiger partial charge in [0.15, 0.2) is 0 Å². The normalized spacial score (nSPS) is 30.2. The molecule has 13 nitrogen and oxygen atoms in total. The second-order valence-corrected chi connectivity index (χ2v) is 19.2. The van der Waals surface area contributed by atoms with Crippen LogP contribution < -0.4 is 20.7 Å². The molecule has 0 aromatic heterocycles. The number of carbonyl (C=O) groups is 5. The first-order chi connectivity index (χ1) is 23.4. The van der Waals surface area contributed by atoms with Crippen LogP contribution in [0, 0.1) is 34.5 Å². The standard InChI is InChI=1S/C36H59N5O8S/c1-7-23-18-36(23,32(46)40-50(48,49)25-16-17-25)39-29(42)26-19-35(21(2)3,24-14-11-15-24)20-41(26)30(43)28(34(4,5)6)38-33(47)37-27(31(44)45)22-12-9-8-10-13-22/h21-28H,7-20H2,1-6H3,(H,39,42)(H,40,46)(H,44,45)(H2,37,38,47)/t23-,26+,27+,28-,35-,36-/m1/s1. The second kappa shape index (κ2) is 14.3. The number of likely N-dealkylation sites (tertiary alicyclic amines) is 1. The van der Waals surface area contributed by atoms with Gasteiger partial charge in [0.2, 0.25) is 21.8 Å². The van der Waals surface area contributed by atoms with Crippen LogP contribution in [-0.2, 0) is 29.2 Å². The van der Waals surface area contributed by atoms with Crippen LogP contribution in [0.1, 0.15) is 125 Å². The molecule has 5 rings (SSSR count). The first-order valence-corrected chi connectivity index (χ1v) is 20.4. The predicted molar refractivity (Wildman–Crippen MR) is 187 cm³/mol. The summed E-state index contributed by atoms with van der Waals surface area (Å²) in [6, 6.07) is -3.87. The lowest BCUT2D eigenvalue weighted by atomic mass is 9.59. The van der Waals surface area contributed by atoms with Crippen molar-refractivity contribution < 1.29 is 37.5 Å². The molecule has 14 heteroatoms. The number of carbonyl (C=O) groups excluding carboxylic acids is 4. The number of nitrogens with one attached hydrogen (secondary N) is 4. The molecule has 6 atom stereocenters. The number of urea groups is 1. The van der Waals surface area contributed by atoms with Crippen molar-refractivity contribution in [1.82, 2.24) is 25.6 Å². The average Bonchev–Trinajstić information content (AvgIpc) is 3.94. The molecule has 5 N–H and O–H groups in total. The summed E-state index contributed by atoms with van der Waals surface area (Å²) in [6.07, 6.45) is 9.51. The van der Waals surface area contributed by atoms with Gasteiger partial charge in [-0.25, -0.2) is 18.0 Å². The van der Waals surface area contributed by atoms with Crippen molar-refractivity contribution in [1.29, 1.82) is 0 Å². The summed E-state index contributed by atoms with van der Waals surface area (Å²) in [4.78, 5) is 69.9. The highest BCUT2D eigenvalue weighted by molar-refractivity contribution is 7.91. The van der Waals surface area contributed by atoms with Crippen LogP contribution in [0.5, 0.6) is 0 Å². The van der Waals surface area contributed by atoms with Crippen LogP contribution in [0.15, 0.2) is 0 Å². The van der Waals surface area contributed by atoms with Crippen molar-refractivity contribution in [3.8, 4) is 0 Å². The van der Waals surface area contributed by atoms with E-state index in [2.05, 4.69) is 34.5 Å². The summed E-state index contributed by atoms with van der Waals surface area (Å²) in [5.41, 5.74) is -2.55. The Morgan fingerprint density at radius 3 is 2.02 bits per heavy atom. The number of aliphatic carboxylic acids is 1. The fourth-order valence-corrected chi connectivity index (χ4v) is 10.2. The first kappa shape index (κ1) is 38.3. The molecule has 5 amide bonds. The van der Waals surface area contributed by atoms with E-state index in [-0.39, 0.29) is 23.2 Å². The molecule has 4 aliphatic carbocycles. The summed E-state index contributed by atoms with van der Waals surface area (Å²) in [6.45, 7) is 11.8. The van der Waals surface area contributed by atoms with Crippen LogP contribution in [0.25, 0.3) is 0 Å². The molecule has 0 aromatic carbocycles. The van der Waals surface area contributed by atoms with Crippen molar-refractivity contribution >= 4 is 39.7 Å². The van der Waals surface area contributed by atoms with Gasteiger partial charge in [-0.15, -0.1) is 0 Å². The molecule has 0 aromatic rings. The summed E-state index contributed by atoms with van der Waals surface area (Å²) in [7, 11) is -3.84. The molecule has 1 saturated heterocycles. The lowest BCUT2D eigenvalue weighted by molar-refractivity contribution is -0.143. The van der Waals surface area contributed by atoms with Gasteiger partial charge in [0, 0.05) is 6.54 Å². The molecule has 5 fully saturated rings. The summed E-state index contributed by atoms with van der Waals surface area (Å²) >= 11 is 0. The Bertz CT molecular complexity index is 1450. The van der Waals surface area contributed by atoms with Gasteiger partial charge in [0.25, 0.3) is 5.91 Å². The van der Waals surface area contributed by atoms with Gasteiger partial charge in [0.05, 0.1) is 5.25 Å². The van der Waals surface area contributed by atoms with Crippen molar-refractivity contribution in [3.63, 3.8) is 0 Å². The highest BCUT2D eigenvalue weighted by Gasteiger charge is 2.63. The van der Waals surface area contributed by atoms with Gasteiger partial charge in [-0.2, -0.15) is 0 Å². The van der Waals surface area contributed by atoms with E-state index in [1.165, 1.54) is 0 Å². The summed E-state index contributed by atoms with van der Waals surface area (Å²) in [5.74, 6) is -2.81. The van der Waals surface area contributed by atoms with Gasteiger partial charge in [-0.3, -0.25) is 19.1 Å². The van der Waals surface area contributed by atoms with Crippen LogP contribution >= 0.6 is 0 Å². The Hall–Kier alpha value is -2.90. The van der Waals surface area contributed by atoms with Crippen LogP contribution in [0.3, 0.4) is 0 Å². The predicted octanol–water partition coefficient (Wildman–Crippen LogP) is 3.67. The lowest BCUT2D eigenvalue weighted by Crippen LogP contribution is -2.62. The van der Waals surface area contributed by atoms with E-state index in [4.69, 9.17) is 0 Å². The number of nitrogens with zero attached hydrogens (tertiary/aromatic N) is 1. The van der Waals surface area contributed by atoms with Crippen molar-refractivity contribution in [2.24, 2.45) is 34.5 Å². The minimum absolute atomic E-state index is 0.127. The van der Waals surface area contributed by atoms with E-state index < -0.39 is 74.1 Å². The molecule has 0 bridgehead atoms. The van der Waals surface area contributed by atoms with Gasteiger partial charge >= 0.3 is 12.0 Å². The number of rotatable bonds is 13. The van der Waals surface area contributed by atoms with Gasteiger partial charge < -0.3 is 26.0 Å². The maximum absolute atomic E-state index is 14.7. The zero-order chi connectivity index (χ0) is 36.8. The van der Waals surface area contributed by atoms with Crippen LogP contribution in [-0.4, -0.2) is 83.6 Å². The van der Waals surface area contributed by atoms with E-state index in [1.807, 2.05) is 27.7 Å². The smallest absolute Gasteiger partial charge is 0.326 e. The Labute approximate surface area is 297 Å². The SMILES string of the molecule is CC[C@@H]1C[C@]1(NC(=O)[C@@H]1C[C@@](C(C)C)(C2CCC2)CN1C(=O)[C@@H](NC(=O)N[C@H](C(=O)O)C1CCCCC1)C(C)(C)C)C(=O)NS(=O)(=O)C1CC1. The zero-order valence-electron chi connectivity index (χ0n) is 30.7. The van der Waals surface area contributed by atoms with Gasteiger partial charge in [-0.1, -0.05) is 73.6 Å². The Morgan fingerprint density at radius 2 is 1.54 bits per heavy atom. The maximum Gasteiger partial charge on any atom is 0.326 e. The summed E-state index contributed by atoms with van der Waals surface area (Å²) < 4.78 is 27.7. The zero-order valence-corrected chi connectivity index (χ0v) is 31.5. The molecule has 282 valence electrons. The molecule has 0 unspecified atom stereocenters.